The number of carbonyl (C=O) groups is 1. The SMILES string of the molecule is COc1cc(C=Nn2c(=O)[nH]c3ccccc3c2=O)cc(Cl)c1OCC(=O)Nc1ccc(Cl)cc1. The first-order valence-corrected chi connectivity index (χ1v) is 11.0. The van der Waals surface area contributed by atoms with E-state index in [1.54, 1.807) is 54.6 Å². The Kier molecular flexibility index (Phi) is 7.19. The van der Waals surface area contributed by atoms with E-state index < -0.39 is 17.2 Å². The lowest BCUT2D eigenvalue weighted by molar-refractivity contribution is -0.118. The second-order valence-electron chi connectivity index (χ2n) is 7.22. The number of para-hydroxylation sites is 1. The average Bonchev–Trinajstić information content (AvgIpc) is 2.84. The standard InChI is InChI=1S/C24H18Cl2N4O5/c1-34-20-11-14(12-27-30-23(32)17-4-2-3-5-19(17)29-24(30)33)10-18(26)22(20)35-13-21(31)28-16-8-6-15(25)7-9-16/h2-12H,13H2,1H3,(H,28,31)(H,29,33). The Morgan fingerprint density at radius 2 is 1.86 bits per heavy atom. The van der Waals surface area contributed by atoms with Crippen molar-refractivity contribution in [2.24, 2.45) is 5.10 Å². The summed E-state index contributed by atoms with van der Waals surface area (Å²) in [6.07, 6.45) is 1.29. The molecule has 0 bridgehead atoms. The maximum Gasteiger partial charge on any atom is 0.349 e. The van der Waals surface area contributed by atoms with Crippen LogP contribution in [0.3, 0.4) is 0 Å². The van der Waals surface area contributed by atoms with E-state index >= 15 is 0 Å². The fourth-order valence-corrected chi connectivity index (χ4v) is 3.60. The maximum atomic E-state index is 12.6. The molecule has 1 heterocycles. The first-order chi connectivity index (χ1) is 16.9. The molecule has 1 amide bonds. The van der Waals surface area contributed by atoms with Crippen LogP contribution in [0.2, 0.25) is 10.0 Å². The molecule has 0 saturated heterocycles. The highest BCUT2D eigenvalue weighted by Gasteiger charge is 2.14. The molecule has 0 fully saturated rings. The van der Waals surface area contributed by atoms with Crippen LogP contribution in [0.25, 0.3) is 10.9 Å². The minimum absolute atomic E-state index is 0.143. The molecule has 0 aliphatic rings. The van der Waals surface area contributed by atoms with Gasteiger partial charge in [-0.3, -0.25) is 9.59 Å². The zero-order chi connectivity index (χ0) is 24.9. The highest BCUT2D eigenvalue weighted by molar-refractivity contribution is 6.32. The number of carbonyl (C=O) groups excluding carboxylic acids is 1. The minimum Gasteiger partial charge on any atom is -0.493 e. The zero-order valence-corrected chi connectivity index (χ0v) is 19.8. The molecule has 0 aliphatic carbocycles. The number of hydrogen-bond acceptors (Lipinski definition) is 6. The second kappa shape index (κ2) is 10.5. The van der Waals surface area contributed by atoms with Crippen LogP contribution in [0.4, 0.5) is 5.69 Å². The number of hydrogen-bond donors (Lipinski definition) is 2. The Morgan fingerprint density at radius 3 is 2.60 bits per heavy atom. The molecule has 0 saturated carbocycles. The van der Waals surface area contributed by atoms with Gasteiger partial charge >= 0.3 is 5.69 Å². The van der Waals surface area contributed by atoms with E-state index in [0.717, 1.165) is 0 Å². The van der Waals surface area contributed by atoms with Crippen molar-refractivity contribution in [3.05, 3.63) is 97.1 Å². The van der Waals surface area contributed by atoms with Gasteiger partial charge in [-0.15, -0.1) is 4.68 Å². The van der Waals surface area contributed by atoms with Gasteiger partial charge in [-0.2, -0.15) is 5.10 Å². The van der Waals surface area contributed by atoms with Gasteiger partial charge in [0.15, 0.2) is 18.1 Å². The summed E-state index contributed by atoms with van der Waals surface area (Å²) in [5.74, 6) is -0.0257. The molecule has 3 aromatic carbocycles. The van der Waals surface area contributed by atoms with E-state index in [2.05, 4.69) is 15.4 Å². The predicted molar refractivity (Wildman–Crippen MR) is 135 cm³/mol. The number of nitrogens with zero attached hydrogens (tertiary/aromatic N) is 2. The first-order valence-electron chi connectivity index (χ1n) is 10.2. The van der Waals surface area contributed by atoms with Gasteiger partial charge in [-0.25, -0.2) is 4.79 Å². The highest BCUT2D eigenvalue weighted by Crippen LogP contribution is 2.36. The van der Waals surface area contributed by atoms with E-state index in [4.69, 9.17) is 32.7 Å². The molecule has 0 unspecified atom stereocenters. The maximum absolute atomic E-state index is 12.6. The Labute approximate surface area is 208 Å². The van der Waals surface area contributed by atoms with Gasteiger partial charge in [0.2, 0.25) is 0 Å². The van der Waals surface area contributed by atoms with Crippen molar-refractivity contribution in [2.45, 2.75) is 0 Å². The van der Waals surface area contributed by atoms with Gasteiger partial charge < -0.3 is 19.8 Å². The monoisotopic (exact) mass is 512 g/mol. The topological polar surface area (TPSA) is 115 Å². The van der Waals surface area contributed by atoms with E-state index in [1.807, 2.05) is 0 Å². The fourth-order valence-electron chi connectivity index (χ4n) is 3.20. The number of nitrogens with one attached hydrogen (secondary N) is 2. The normalized spacial score (nSPS) is 11.1. The molecule has 4 aromatic rings. The van der Waals surface area contributed by atoms with Crippen molar-refractivity contribution in [2.75, 3.05) is 19.0 Å². The molecule has 35 heavy (non-hydrogen) atoms. The van der Waals surface area contributed by atoms with Crippen molar-refractivity contribution in [3.8, 4) is 11.5 Å². The second-order valence-corrected chi connectivity index (χ2v) is 8.06. The summed E-state index contributed by atoms with van der Waals surface area (Å²) in [4.78, 5) is 39.8. The molecule has 0 aliphatic heterocycles. The summed E-state index contributed by atoms with van der Waals surface area (Å²) < 4.78 is 11.6. The Balaban J connectivity index is 1.53. The molecule has 2 N–H and O–H groups in total. The van der Waals surface area contributed by atoms with Crippen molar-refractivity contribution in [1.82, 2.24) is 9.66 Å². The van der Waals surface area contributed by atoms with E-state index in [1.165, 1.54) is 19.4 Å². The van der Waals surface area contributed by atoms with Gasteiger partial charge in [0.25, 0.3) is 11.5 Å². The van der Waals surface area contributed by atoms with Crippen LogP contribution in [-0.2, 0) is 4.79 Å². The summed E-state index contributed by atoms with van der Waals surface area (Å²) in [7, 11) is 1.41. The van der Waals surface area contributed by atoms with Crippen molar-refractivity contribution in [3.63, 3.8) is 0 Å². The summed E-state index contributed by atoms with van der Waals surface area (Å²) in [5.41, 5.74) is 0.163. The number of methoxy groups -OCH3 is 1. The molecule has 11 heteroatoms. The van der Waals surface area contributed by atoms with Crippen LogP contribution < -0.4 is 26.0 Å². The lowest BCUT2D eigenvalue weighted by atomic mass is 10.2. The van der Waals surface area contributed by atoms with Crippen LogP contribution in [0.15, 0.2) is 75.4 Å². The number of amides is 1. The molecule has 0 spiro atoms. The summed E-state index contributed by atoms with van der Waals surface area (Å²) >= 11 is 12.2. The third-order valence-corrected chi connectivity index (χ3v) is 5.37. The number of benzene rings is 3. The van der Waals surface area contributed by atoms with Crippen molar-refractivity contribution < 1.29 is 14.3 Å². The van der Waals surface area contributed by atoms with Gasteiger partial charge in [-0.05, 0) is 54.1 Å². The van der Waals surface area contributed by atoms with E-state index in [9.17, 15) is 14.4 Å². The molecule has 0 atom stereocenters. The smallest absolute Gasteiger partial charge is 0.349 e. The van der Waals surface area contributed by atoms with Crippen LogP contribution in [-0.4, -0.2) is 35.5 Å². The molecule has 0 radical (unpaired) electrons. The molecule has 178 valence electrons. The first kappa shape index (κ1) is 24.1. The molecular formula is C24H18Cl2N4O5. The van der Waals surface area contributed by atoms with Gasteiger partial charge in [0.1, 0.15) is 0 Å². The number of halogens is 2. The Morgan fingerprint density at radius 1 is 1.11 bits per heavy atom. The predicted octanol–water partition coefficient (Wildman–Crippen LogP) is 3.90. The van der Waals surface area contributed by atoms with Gasteiger partial charge in [0.05, 0.1) is 29.2 Å². The van der Waals surface area contributed by atoms with Crippen LogP contribution >= 0.6 is 23.2 Å². The van der Waals surface area contributed by atoms with Crippen LogP contribution in [0, 0.1) is 0 Å². The van der Waals surface area contributed by atoms with Crippen molar-refractivity contribution >= 4 is 51.9 Å². The largest absolute Gasteiger partial charge is 0.493 e. The van der Waals surface area contributed by atoms with E-state index in [-0.39, 0.29) is 23.1 Å². The number of aromatic amines is 1. The molecule has 9 nitrogen and oxygen atoms in total. The van der Waals surface area contributed by atoms with Crippen LogP contribution in [0.5, 0.6) is 11.5 Å². The summed E-state index contributed by atoms with van der Waals surface area (Å²) in [6.45, 7) is -0.325. The third kappa shape index (κ3) is 5.53. The Bertz CT molecular complexity index is 1540. The average molecular weight is 513 g/mol. The number of rotatable bonds is 7. The lowest BCUT2D eigenvalue weighted by Gasteiger charge is -2.13. The number of aromatic nitrogens is 2. The quantitative estimate of drug-likeness (QED) is 0.364. The number of fused-ring (bicyclic) bond motifs is 1. The minimum atomic E-state index is -0.685. The number of anilines is 1. The molecular weight excluding hydrogens is 495 g/mol. The fraction of sp³-hybridized carbons (Fsp3) is 0.0833. The molecule has 1 aromatic heterocycles. The summed E-state index contributed by atoms with van der Waals surface area (Å²) in [5, 5.41) is 7.70. The van der Waals surface area contributed by atoms with Gasteiger partial charge in [-0.1, -0.05) is 35.3 Å². The Hall–Kier alpha value is -4.08. The van der Waals surface area contributed by atoms with Gasteiger partial charge in [0, 0.05) is 10.7 Å². The number of H-pyrrole nitrogens is 1. The van der Waals surface area contributed by atoms with Crippen LogP contribution in [0.1, 0.15) is 5.56 Å². The molecule has 4 rings (SSSR count). The third-order valence-electron chi connectivity index (χ3n) is 4.83. The van der Waals surface area contributed by atoms with E-state index in [0.29, 0.717) is 31.9 Å². The number of ether oxygens (including phenoxy) is 2. The van der Waals surface area contributed by atoms with Crippen molar-refractivity contribution in [1.29, 1.82) is 0 Å². The summed E-state index contributed by atoms with van der Waals surface area (Å²) in [6, 6.07) is 16.3. The highest BCUT2D eigenvalue weighted by atomic mass is 35.5. The zero-order valence-electron chi connectivity index (χ0n) is 18.2. The lowest BCUT2D eigenvalue weighted by Crippen LogP contribution is -2.32.